The molecule has 1 aromatic rings. The van der Waals surface area contributed by atoms with Gasteiger partial charge in [0.1, 0.15) is 0 Å². The number of hydrogen-bond acceptors (Lipinski definition) is 3. The molecule has 1 aliphatic rings. The molecule has 23 heavy (non-hydrogen) atoms. The van der Waals surface area contributed by atoms with E-state index in [1.165, 1.54) is 6.07 Å². The molecule has 1 aromatic carbocycles. The third-order valence-electron chi connectivity index (χ3n) is 3.90. The quantitative estimate of drug-likeness (QED) is 0.908. The summed E-state index contributed by atoms with van der Waals surface area (Å²) in [5.41, 5.74) is -0.685. The second-order valence-corrected chi connectivity index (χ2v) is 5.77. The van der Waals surface area contributed by atoms with Gasteiger partial charge in [-0.15, -0.1) is 0 Å². The third-order valence-corrected chi connectivity index (χ3v) is 4.23. The van der Waals surface area contributed by atoms with Crippen LogP contribution in [0.5, 0.6) is 0 Å². The normalized spacial score (nSPS) is 16.5. The van der Waals surface area contributed by atoms with Crippen molar-refractivity contribution in [1.82, 2.24) is 9.80 Å². The predicted molar refractivity (Wildman–Crippen MR) is 83.6 cm³/mol. The molecule has 1 N–H and O–H groups in total. The summed E-state index contributed by atoms with van der Waals surface area (Å²) in [6, 6.07) is 3.02. The first-order valence-corrected chi connectivity index (χ1v) is 7.80. The van der Waals surface area contributed by atoms with E-state index in [0.29, 0.717) is 13.1 Å². The first-order valence-electron chi connectivity index (χ1n) is 7.42. The molecular formula is C15H19ClF3N3O. The number of hydrogen-bond donors (Lipinski definition) is 1. The summed E-state index contributed by atoms with van der Waals surface area (Å²) in [5.74, 6) is -0.144. The molecule has 0 saturated carbocycles. The topological polar surface area (TPSA) is 35.6 Å². The van der Waals surface area contributed by atoms with Gasteiger partial charge in [0.2, 0.25) is 5.91 Å². The molecule has 4 nitrogen and oxygen atoms in total. The lowest BCUT2D eigenvalue weighted by molar-refractivity contribution is -0.137. The maximum absolute atomic E-state index is 12.7. The monoisotopic (exact) mass is 349 g/mol. The summed E-state index contributed by atoms with van der Waals surface area (Å²) in [4.78, 5) is 16.1. The van der Waals surface area contributed by atoms with Crippen LogP contribution in [0.25, 0.3) is 0 Å². The number of benzene rings is 1. The summed E-state index contributed by atoms with van der Waals surface area (Å²) in [6.07, 6.45) is -4.44. The number of carbonyl (C=O) groups excluding carboxylic acids is 1. The number of nitrogens with zero attached hydrogens (tertiary/aromatic N) is 2. The fraction of sp³-hybridized carbons (Fsp3) is 0.533. The van der Waals surface area contributed by atoms with Gasteiger partial charge < -0.3 is 15.1 Å². The fourth-order valence-electron chi connectivity index (χ4n) is 2.43. The van der Waals surface area contributed by atoms with Crippen molar-refractivity contribution in [3.8, 4) is 0 Å². The second kappa shape index (κ2) is 7.40. The van der Waals surface area contributed by atoms with Crippen LogP contribution in [-0.2, 0) is 11.0 Å². The van der Waals surface area contributed by atoms with Crippen molar-refractivity contribution < 1.29 is 18.0 Å². The number of nitrogens with one attached hydrogen (secondary N) is 1. The van der Waals surface area contributed by atoms with Crippen LogP contribution in [0.1, 0.15) is 12.5 Å². The Morgan fingerprint density at radius 3 is 2.48 bits per heavy atom. The number of piperazine rings is 1. The van der Waals surface area contributed by atoms with Gasteiger partial charge >= 0.3 is 6.18 Å². The van der Waals surface area contributed by atoms with E-state index in [2.05, 4.69) is 17.1 Å². The average molecular weight is 350 g/mol. The lowest BCUT2D eigenvalue weighted by Gasteiger charge is -2.34. The predicted octanol–water partition coefficient (Wildman–Crippen LogP) is 2.93. The Kier molecular flexibility index (Phi) is 5.75. The SMILES string of the molecule is CCN1CCN(C(=O)CNc2cc(C(F)(F)F)ccc2Cl)CC1. The molecule has 128 valence electrons. The standard InChI is InChI=1S/C15H19ClF3N3O/c1-2-21-5-7-22(8-6-21)14(23)10-20-13-9-11(15(17,18)19)3-4-12(13)16/h3-4,9,20H,2,5-8,10H2,1H3. The Labute approximate surface area is 138 Å². The van der Waals surface area contributed by atoms with Crippen molar-refractivity contribution in [2.24, 2.45) is 0 Å². The molecule has 1 fully saturated rings. The van der Waals surface area contributed by atoms with Gasteiger partial charge in [-0.3, -0.25) is 4.79 Å². The summed E-state index contributed by atoms with van der Waals surface area (Å²) in [5, 5.41) is 2.87. The van der Waals surface area contributed by atoms with Gasteiger partial charge in [0, 0.05) is 26.2 Å². The number of anilines is 1. The maximum Gasteiger partial charge on any atom is 0.416 e. The Hall–Kier alpha value is -1.47. The summed E-state index contributed by atoms with van der Waals surface area (Å²) in [7, 11) is 0. The van der Waals surface area contributed by atoms with E-state index in [1.54, 1.807) is 4.90 Å². The lowest BCUT2D eigenvalue weighted by atomic mass is 10.2. The van der Waals surface area contributed by atoms with E-state index in [4.69, 9.17) is 11.6 Å². The van der Waals surface area contributed by atoms with Gasteiger partial charge in [-0.05, 0) is 24.7 Å². The highest BCUT2D eigenvalue weighted by Gasteiger charge is 2.31. The molecular weight excluding hydrogens is 331 g/mol. The molecule has 1 saturated heterocycles. The van der Waals surface area contributed by atoms with Crippen molar-refractivity contribution >= 4 is 23.2 Å². The van der Waals surface area contributed by atoms with Gasteiger partial charge in [0.15, 0.2) is 0 Å². The molecule has 8 heteroatoms. The molecule has 0 aliphatic carbocycles. The van der Waals surface area contributed by atoms with Gasteiger partial charge in [0.05, 0.1) is 22.8 Å². The Balaban J connectivity index is 1.94. The maximum atomic E-state index is 12.7. The van der Waals surface area contributed by atoms with Crippen molar-refractivity contribution in [2.45, 2.75) is 13.1 Å². The van der Waals surface area contributed by atoms with Gasteiger partial charge in [-0.1, -0.05) is 18.5 Å². The number of alkyl halides is 3. The fourth-order valence-corrected chi connectivity index (χ4v) is 2.62. The Morgan fingerprint density at radius 2 is 1.91 bits per heavy atom. The average Bonchev–Trinajstić information content (AvgIpc) is 2.52. The molecule has 0 radical (unpaired) electrons. The highest BCUT2D eigenvalue weighted by atomic mass is 35.5. The van der Waals surface area contributed by atoms with Crippen LogP contribution in [0.15, 0.2) is 18.2 Å². The largest absolute Gasteiger partial charge is 0.416 e. The van der Waals surface area contributed by atoms with Crippen molar-refractivity contribution in [3.63, 3.8) is 0 Å². The van der Waals surface area contributed by atoms with Crippen LogP contribution >= 0.6 is 11.6 Å². The number of halogens is 4. The van der Waals surface area contributed by atoms with Crippen molar-refractivity contribution in [3.05, 3.63) is 28.8 Å². The minimum absolute atomic E-state index is 0.0762. The number of amides is 1. The van der Waals surface area contributed by atoms with E-state index in [9.17, 15) is 18.0 Å². The molecule has 0 atom stereocenters. The van der Waals surface area contributed by atoms with Crippen molar-refractivity contribution in [1.29, 1.82) is 0 Å². The van der Waals surface area contributed by atoms with Crippen LogP contribution in [-0.4, -0.2) is 55.0 Å². The minimum atomic E-state index is -4.44. The molecule has 0 aromatic heterocycles. The molecule has 2 rings (SSSR count). The van der Waals surface area contributed by atoms with Crippen LogP contribution in [0, 0.1) is 0 Å². The summed E-state index contributed by atoms with van der Waals surface area (Å²) < 4.78 is 38.1. The van der Waals surface area contributed by atoms with Crippen LogP contribution in [0.4, 0.5) is 18.9 Å². The summed E-state index contributed by atoms with van der Waals surface area (Å²) in [6.45, 7) is 5.82. The highest BCUT2D eigenvalue weighted by molar-refractivity contribution is 6.33. The number of rotatable bonds is 4. The smallest absolute Gasteiger partial charge is 0.375 e. The zero-order valence-corrected chi connectivity index (χ0v) is 13.5. The minimum Gasteiger partial charge on any atom is -0.375 e. The van der Waals surface area contributed by atoms with E-state index in [1.807, 2.05) is 0 Å². The summed E-state index contributed by atoms with van der Waals surface area (Å²) >= 11 is 5.89. The third kappa shape index (κ3) is 4.75. The van der Waals surface area contributed by atoms with E-state index < -0.39 is 11.7 Å². The van der Waals surface area contributed by atoms with Crippen LogP contribution < -0.4 is 5.32 Å². The second-order valence-electron chi connectivity index (χ2n) is 5.36. The molecule has 1 amide bonds. The zero-order valence-electron chi connectivity index (χ0n) is 12.8. The van der Waals surface area contributed by atoms with Crippen LogP contribution in [0.3, 0.4) is 0 Å². The number of likely N-dealkylation sites (N-methyl/N-ethyl adjacent to an activating group) is 1. The lowest BCUT2D eigenvalue weighted by Crippen LogP contribution is -2.49. The molecule has 0 unspecified atom stereocenters. The first-order chi connectivity index (χ1) is 10.8. The zero-order chi connectivity index (χ0) is 17.0. The molecule has 0 spiro atoms. The van der Waals surface area contributed by atoms with Crippen molar-refractivity contribution in [2.75, 3.05) is 44.6 Å². The van der Waals surface area contributed by atoms with Gasteiger partial charge in [0.25, 0.3) is 0 Å². The molecule has 1 aliphatic heterocycles. The van der Waals surface area contributed by atoms with E-state index in [0.717, 1.165) is 31.8 Å². The highest BCUT2D eigenvalue weighted by Crippen LogP contribution is 2.33. The number of carbonyl (C=O) groups is 1. The van der Waals surface area contributed by atoms with Gasteiger partial charge in [-0.25, -0.2) is 0 Å². The van der Waals surface area contributed by atoms with E-state index in [-0.39, 0.29) is 23.2 Å². The first kappa shape index (κ1) is 17.9. The molecule has 0 bridgehead atoms. The Morgan fingerprint density at radius 1 is 1.26 bits per heavy atom. The molecule has 1 heterocycles. The van der Waals surface area contributed by atoms with E-state index >= 15 is 0 Å². The van der Waals surface area contributed by atoms with Gasteiger partial charge in [-0.2, -0.15) is 13.2 Å². The van der Waals surface area contributed by atoms with Crippen LogP contribution in [0.2, 0.25) is 5.02 Å². The Bertz CT molecular complexity index is 557.